The van der Waals surface area contributed by atoms with Crippen LogP contribution in [0.25, 0.3) is 5.82 Å². The van der Waals surface area contributed by atoms with Crippen LogP contribution in [0, 0.1) is 18.3 Å². The molecule has 1 aliphatic carbocycles. The first kappa shape index (κ1) is 34.0. The van der Waals surface area contributed by atoms with Crippen molar-refractivity contribution in [3.63, 3.8) is 0 Å². The first-order valence-electron chi connectivity index (χ1n) is 14.5. The maximum absolute atomic E-state index is 13.9. The number of halogens is 7. The number of rotatable bonds is 8. The van der Waals surface area contributed by atoms with Crippen molar-refractivity contribution in [1.29, 1.82) is 5.26 Å². The van der Waals surface area contributed by atoms with E-state index in [4.69, 9.17) is 11.6 Å². The van der Waals surface area contributed by atoms with Gasteiger partial charge in [0.25, 0.3) is 17.6 Å². The molecular weight excluding hydrogens is 694 g/mol. The zero-order valence-corrected chi connectivity index (χ0v) is 26.2. The van der Waals surface area contributed by atoms with Crippen LogP contribution in [0.3, 0.4) is 0 Å². The van der Waals surface area contributed by atoms with Crippen LogP contribution in [-0.4, -0.2) is 46.8 Å². The van der Waals surface area contributed by atoms with Gasteiger partial charge in [0.2, 0.25) is 0 Å². The molecule has 0 atom stereocenters. The number of benzene rings is 2. The first-order chi connectivity index (χ1) is 23.6. The van der Waals surface area contributed by atoms with Gasteiger partial charge in [0, 0.05) is 6.20 Å². The number of carbonyl (C=O) groups is 2. The summed E-state index contributed by atoms with van der Waals surface area (Å²) in [5.41, 5.74) is -1.77. The number of amides is 2. The topological polar surface area (TPSA) is 156 Å². The monoisotopic (exact) mass is 714 g/mol. The molecule has 6 rings (SSSR count). The van der Waals surface area contributed by atoms with Gasteiger partial charge < -0.3 is 10.6 Å². The number of nitrogens with one attached hydrogen (secondary N) is 2. The minimum absolute atomic E-state index is 0.00859. The van der Waals surface area contributed by atoms with Crippen molar-refractivity contribution in [2.45, 2.75) is 44.2 Å². The van der Waals surface area contributed by atoms with Crippen LogP contribution in [0.5, 0.6) is 0 Å². The van der Waals surface area contributed by atoms with Gasteiger partial charge in [-0.1, -0.05) is 23.7 Å². The predicted octanol–water partition coefficient (Wildman–Crippen LogP) is 5.84. The maximum atomic E-state index is 13.9. The van der Waals surface area contributed by atoms with Crippen LogP contribution in [0.1, 0.15) is 67.5 Å². The molecule has 19 heteroatoms. The molecule has 0 saturated heterocycles. The second kappa shape index (κ2) is 12.6. The van der Waals surface area contributed by atoms with E-state index < -0.39 is 47.6 Å². The molecule has 0 bridgehead atoms. The van der Waals surface area contributed by atoms with Gasteiger partial charge in [-0.25, -0.2) is 9.67 Å². The third-order valence-corrected chi connectivity index (χ3v) is 8.03. The van der Waals surface area contributed by atoms with E-state index in [1.165, 1.54) is 55.6 Å². The number of alkyl halides is 6. The highest BCUT2D eigenvalue weighted by atomic mass is 35.5. The summed E-state index contributed by atoms with van der Waals surface area (Å²) in [5, 5.41) is 29.1. The van der Waals surface area contributed by atoms with Crippen LogP contribution in [0.2, 0.25) is 5.02 Å². The fourth-order valence-corrected chi connectivity index (χ4v) is 5.40. The Morgan fingerprint density at radius 3 is 2.40 bits per heavy atom. The molecule has 1 aliphatic rings. The molecule has 50 heavy (non-hydrogen) atoms. The number of nitriles is 1. The second-order valence-corrected chi connectivity index (χ2v) is 11.7. The smallest absolute Gasteiger partial charge is 0.342 e. The molecule has 256 valence electrons. The lowest BCUT2D eigenvalue weighted by Crippen LogP contribution is -2.36. The highest BCUT2D eigenvalue weighted by Crippen LogP contribution is 2.47. The van der Waals surface area contributed by atoms with Gasteiger partial charge >= 0.3 is 12.4 Å². The first-order valence-corrected chi connectivity index (χ1v) is 14.9. The number of hydrogen-bond donors (Lipinski definition) is 2. The van der Waals surface area contributed by atoms with Crippen LogP contribution in [0.15, 0.2) is 60.8 Å². The standard InChI is InChI=1S/C31H21ClF6N10O2/c1-16-10-17(14-39)11-21(26(49)42-29(7-8-29)18-4-2-5-19(12-18)30(33,34)35)24(16)41-27(50)23-13-20(15-47-45-28(43-46-47)31(36,37)38)44-48(23)25-22(32)6-3-9-40-25/h2-6,9-13H,7-8,15H2,1H3,(H,41,50)(H,42,49). The average Bonchev–Trinajstić information content (AvgIpc) is 3.47. The Morgan fingerprint density at radius 2 is 1.76 bits per heavy atom. The quantitative estimate of drug-likeness (QED) is 0.190. The lowest BCUT2D eigenvalue weighted by molar-refractivity contribution is -0.145. The molecular formula is C31H21ClF6N10O2. The van der Waals surface area contributed by atoms with E-state index in [0.717, 1.165) is 16.8 Å². The van der Waals surface area contributed by atoms with E-state index in [9.17, 15) is 41.2 Å². The van der Waals surface area contributed by atoms with Crippen LogP contribution in [0.4, 0.5) is 32.0 Å². The van der Waals surface area contributed by atoms with E-state index in [1.807, 2.05) is 6.07 Å². The van der Waals surface area contributed by atoms with Gasteiger partial charge in [0.05, 0.1) is 44.7 Å². The van der Waals surface area contributed by atoms with E-state index in [-0.39, 0.29) is 44.6 Å². The van der Waals surface area contributed by atoms with Gasteiger partial charge in [-0.2, -0.15) is 41.5 Å². The highest BCUT2D eigenvalue weighted by Gasteiger charge is 2.47. The fraction of sp³-hybridized carbons (Fsp3) is 0.226. The fourth-order valence-electron chi connectivity index (χ4n) is 5.20. The van der Waals surface area contributed by atoms with Crippen molar-refractivity contribution in [2.75, 3.05) is 5.32 Å². The zero-order valence-electron chi connectivity index (χ0n) is 25.4. The normalized spacial score (nSPS) is 13.8. The van der Waals surface area contributed by atoms with Crippen LogP contribution in [-0.2, 0) is 24.4 Å². The average molecular weight is 715 g/mol. The Labute approximate surface area is 282 Å². The molecule has 0 unspecified atom stereocenters. The molecule has 0 radical (unpaired) electrons. The Balaban J connectivity index is 1.34. The predicted molar refractivity (Wildman–Crippen MR) is 162 cm³/mol. The molecule has 5 aromatic rings. The molecule has 1 fully saturated rings. The van der Waals surface area contributed by atoms with E-state index >= 15 is 0 Å². The van der Waals surface area contributed by atoms with Gasteiger partial charge in [-0.15, -0.1) is 10.2 Å². The summed E-state index contributed by atoms with van der Waals surface area (Å²) in [6.45, 7) is 1.09. The summed E-state index contributed by atoms with van der Waals surface area (Å²) in [6, 6.07) is 13.4. The Kier molecular flexibility index (Phi) is 8.56. The number of nitrogens with zero attached hydrogens (tertiary/aromatic N) is 8. The lowest BCUT2D eigenvalue weighted by atomic mass is 9.99. The number of anilines is 1. The molecule has 0 spiro atoms. The van der Waals surface area contributed by atoms with Crippen molar-refractivity contribution in [2.24, 2.45) is 0 Å². The van der Waals surface area contributed by atoms with Crippen molar-refractivity contribution in [3.05, 3.63) is 111 Å². The lowest BCUT2D eigenvalue weighted by Gasteiger charge is -2.21. The SMILES string of the molecule is Cc1cc(C#N)cc(C(=O)NC2(c3cccc(C(F)(F)F)c3)CC2)c1NC(=O)c1cc(Cn2nnc(C(F)(F)F)n2)nn1-c1ncccc1Cl. The number of tetrazole rings is 1. The largest absolute Gasteiger partial charge is 0.455 e. The minimum Gasteiger partial charge on any atom is -0.342 e. The van der Waals surface area contributed by atoms with E-state index in [0.29, 0.717) is 23.2 Å². The number of hydrogen-bond acceptors (Lipinski definition) is 8. The number of aromatic nitrogens is 7. The van der Waals surface area contributed by atoms with Gasteiger partial charge in [-0.05, 0) is 78.6 Å². The van der Waals surface area contributed by atoms with Crippen molar-refractivity contribution >= 4 is 29.1 Å². The molecule has 1 saturated carbocycles. The summed E-state index contributed by atoms with van der Waals surface area (Å²) in [7, 11) is 0. The zero-order chi connectivity index (χ0) is 36.0. The third-order valence-electron chi connectivity index (χ3n) is 7.74. The van der Waals surface area contributed by atoms with Crippen LogP contribution >= 0.6 is 11.6 Å². The summed E-state index contributed by atoms with van der Waals surface area (Å²) in [4.78, 5) is 32.5. The minimum atomic E-state index is -4.85. The number of carbonyl (C=O) groups excluding carboxylic acids is 2. The van der Waals surface area contributed by atoms with E-state index in [2.05, 4.69) is 36.1 Å². The molecule has 2 N–H and O–H groups in total. The molecule has 3 aromatic heterocycles. The summed E-state index contributed by atoms with van der Waals surface area (Å²) in [5.74, 6) is -3.13. The number of aryl methyl sites for hydroxylation is 1. The number of pyridine rings is 1. The Morgan fingerprint density at radius 1 is 1.00 bits per heavy atom. The van der Waals surface area contributed by atoms with Gasteiger partial charge in [0.1, 0.15) is 12.2 Å². The molecule has 0 aliphatic heterocycles. The van der Waals surface area contributed by atoms with Crippen molar-refractivity contribution < 1.29 is 35.9 Å². The van der Waals surface area contributed by atoms with Crippen molar-refractivity contribution in [3.8, 4) is 11.9 Å². The summed E-state index contributed by atoms with van der Waals surface area (Å²) in [6.07, 6.45) is -7.40. The molecule has 2 amide bonds. The summed E-state index contributed by atoms with van der Waals surface area (Å²) >= 11 is 6.33. The Hall–Kier alpha value is -5.83. The molecule has 3 heterocycles. The van der Waals surface area contributed by atoms with Gasteiger partial charge in [0.15, 0.2) is 5.82 Å². The third kappa shape index (κ3) is 6.85. The molecule has 2 aromatic carbocycles. The van der Waals surface area contributed by atoms with Crippen LogP contribution < -0.4 is 10.6 Å². The van der Waals surface area contributed by atoms with E-state index in [1.54, 1.807) is 0 Å². The highest BCUT2D eigenvalue weighted by molar-refractivity contribution is 6.32. The summed E-state index contributed by atoms with van der Waals surface area (Å²) < 4.78 is 80.4. The van der Waals surface area contributed by atoms with Crippen molar-refractivity contribution in [1.82, 2.24) is 40.3 Å². The van der Waals surface area contributed by atoms with Gasteiger partial charge in [-0.3, -0.25) is 9.59 Å². The Bertz CT molecular complexity index is 2180. The molecule has 12 nitrogen and oxygen atoms in total. The maximum Gasteiger partial charge on any atom is 0.455 e. The second-order valence-electron chi connectivity index (χ2n) is 11.3.